The number of carboxylic acids is 1. The first-order chi connectivity index (χ1) is 17.4. The number of amides is 2. The molecule has 9 heteroatoms. The van der Waals surface area contributed by atoms with Gasteiger partial charge in [-0.15, -0.1) is 0 Å². The van der Waals surface area contributed by atoms with Crippen molar-refractivity contribution in [3.63, 3.8) is 0 Å². The first-order valence-electron chi connectivity index (χ1n) is 12.6. The standard InChI is InChI=1S/C28H35F2N3O4/c1-28(2,3)21-9-11-22(12-10-21)33(32-27(37)20-8-13-23(29)24(30)16-20)17-18-4-6-19(7-5-18)26(36)31-15-14-25(34)35/h4-8,13,16,21-22H,9-12,14-15,17H2,1-3H3,(H,31,36)(H,32,37)(H,34,35). The van der Waals surface area contributed by atoms with Crippen LogP contribution >= 0.6 is 0 Å². The van der Waals surface area contributed by atoms with Gasteiger partial charge in [0.05, 0.1) is 6.42 Å². The van der Waals surface area contributed by atoms with E-state index in [1.165, 1.54) is 6.07 Å². The fourth-order valence-corrected chi connectivity index (χ4v) is 4.69. The molecule has 0 aromatic heterocycles. The van der Waals surface area contributed by atoms with Crippen LogP contribution in [0.15, 0.2) is 42.5 Å². The van der Waals surface area contributed by atoms with E-state index in [1.807, 2.05) is 5.01 Å². The van der Waals surface area contributed by atoms with Crippen LogP contribution in [0.2, 0.25) is 0 Å². The van der Waals surface area contributed by atoms with Crippen molar-refractivity contribution in [3.8, 4) is 0 Å². The number of hydrogen-bond donors (Lipinski definition) is 3. The maximum Gasteiger partial charge on any atom is 0.305 e. The van der Waals surface area contributed by atoms with Gasteiger partial charge < -0.3 is 10.4 Å². The predicted octanol–water partition coefficient (Wildman–Crippen LogP) is 4.92. The van der Waals surface area contributed by atoms with Gasteiger partial charge in [-0.2, -0.15) is 0 Å². The second-order valence-electron chi connectivity index (χ2n) is 10.7. The van der Waals surface area contributed by atoms with Crippen molar-refractivity contribution in [1.82, 2.24) is 15.8 Å². The number of hydrogen-bond acceptors (Lipinski definition) is 4. The zero-order valence-corrected chi connectivity index (χ0v) is 21.5. The van der Waals surface area contributed by atoms with Crippen LogP contribution in [0.1, 0.15) is 79.2 Å². The summed E-state index contributed by atoms with van der Waals surface area (Å²) in [5.41, 5.74) is 4.38. The number of aliphatic carboxylic acids is 1. The highest BCUT2D eigenvalue weighted by Gasteiger charge is 2.32. The lowest BCUT2D eigenvalue weighted by atomic mass is 9.71. The smallest absolute Gasteiger partial charge is 0.305 e. The molecule has 3 N–H and O–H groups in total. The van der Waals surface area contributed by atoms with Crippen molar-refractivity contribution < 1.29 is 28.3 Å². The summed E-state index contributed by atoms with van der Waals surface area (Å²) in [7, 11) is 0. The summed E-state index contributed by atoms with van der Waals surface area (Å²) in [5, 5.41) is 13.1. The number of carbonyl (C=O) groups excluding carboxylic acids is 2. The van der Waals surface area contributed by atoms with Crippen LogP contribution in [0.3, 0.4) is 0 Å². The van der Waals surface area contributed by atoms with Gasteiger partial charge in [0.2, 0.25) is 0 Å². The summed E-state index contributed by atoms with van der Waals surface area (Å²) < 4.78 is 27.1. The minimum Gasteiger partial charge on any atom is -0.481 e. The molecule has 1 saturated carbocycles. The van der Waals surface area contributed by atoms with Crippen LogP contribution in [0.4, 0.5) is 8.78 Å². The number of carbonyl (C=O) groups is 3. The van der Waals surface area contributed by atoms with E-state index in [-0.39, 0.29) is 35.9 Å². The first kappa shape index (κ1) is 28.2. The first-order valence-corrected chi connectivity index (χ1v) is 12.6. The van der Waals surface area contributed by atoms with Gasteiger partial charge in [-0.3, -0.25) is 19.8 Å². The molecule has 2 aromatic carbocycles. The van der Waals surface area contributed by atoms with Crippen LogP contribution in [-0.4, -0.2) is 40.5 Å². The molecule has 1 fully saturated rings. The lowest BCUT2D eigenvalue weighted by Crippen LogP contribution is -2.49. The molecule has 0 radical (unpaired) electrons. The van der Waals surface area contributed by atoms with Crippen molar-refractivity contribution in [2.75, 3.05) is 6.54 Å². The van der Waals surface area contributed by atoms with Gasteiger partial charge in [-0.05, 0) is 72.9 Å². The third-order valence-electron chi connectivity index (χ3n) is 6.98. The molecule has 0 spiro atoms. The van der Waals surface area contributed by atoms with Crippen LogP contribution < -0.4 is 10.7 Å². The molecule has 1 aliphatic carbocycles. The third kappa shape index (κ3) is 8.08. The van der Waals surface area contributed by atoms with E-state index in [9.17, 15) is 23.2 Å². The Morgan fingerprint density at radius 2 is 1.54 bits per heavy atom. The second-order valence-corrected chi connectivity index (χ2v) is 10.7. The van der Waals surface area contributed by atoms with Crippen LogP contribution in [-0.2, 0) is 11.3 Å². The number of hydrazine groups is 1. The van der Waals surface area contributed by atoms with Crippen LogP contribution in [0, 0.1) is 23.0 Å². The lowest BCUT2D eigenvalue weighted by molar-refractivity contribution is -0.136. The number of nitrogens with one attached hydrogen (secondary N) is 2. The van der Waals surface area contributed by atoms with Crippen molar-refractivity contribution >= 4 is 17.8 Å². The zero-order valence-electron chi connectivity index (χ0n) is 21.5. The number of rotatable bonds is 9. The van der Waals surface area contributed by atoms with Crippen molar-refractivity contribution in [2.45, 2.75) is 65.5 Å². The fraction of sp³-hybridized carbons (Fsp3) is 0.464. The molecule has 0 unspecified atom stereocenters. The normalized spacial score (nSPS) is 17.9. The molecule has 0 heterocycles. The highest BCUT2D eigenvalue weighted by atomic mass is 19.2. The van der Waals surface area contributed by atoms with E-state index in [2.05, 4.69) is 31.5 Å². The van der Waals surface area contributed by atoms with Crippen molar-refractivity contribution in [2.24, 2.45) is 11.3 Å². The molecule has 1 aliphatic rings. The van der Waals surface area contributed by atoms with E-state index in [0.29, 0.717) is 18.0 Å². The summed E-state index contributed by atoms with van der Waals surface area (Å²) in [6.45, 7) is 7.11. The second kappa shape index (κ2) is 12.3. The summed E-state index contributed by atoms with van der Waals surface area (Å²) in [6.07, 6.45) is 3.63. The zero-order chi connectivity index (χ0) is 27.2. The Morgan fingerprint density at radius 3 is 2.11 bits per heavy atom. The largest absolute Gasteiger partial charge is 0.481 e. The Hall–Kier alpha value is -3.33. The van der Waals surface area contributed by atoms with Gasteiger partial charge in [-0.25, -0.2) is 13.8 Å². The Balaban J connectivity index is 1.72. The molecule has 0 bridgehead atoms. The molecule has 200 valence electrons. The van der Waals surface area contributed by atoms with E-state index >= 15 is 0 Å². The monoisotopic (exact) mass is 515 g/mol. The average molecular weight is 516 g/mol. The summed E-state index contributed by atoms with van der Waals surface area (Å²) >= 11 is 0. The molecule has 0 aliphatic heterocycles. The van der Waals surface area contributed by atoms with Crippen LogP contribution in [0.25, 0.3) is 0 Å². The Labute approximate surface area is 216 Å². The Kier molecular flexibility index (Phi) is 9.37. The number of carboxylic acid groups (broad SMARTS) is 1. The minimum atomic E-state index is -1.08. The van der Waals surface area contributed by atoms with E-state index in [4.69, 9.17) is 5.11 Å². The molecule has 7 nitrogen and oxygen atoms in total. The van der Waals surface area contributed by atoms with Crippen molar-refractivity contribution in [3.05, 3.63) is 70.8 Å². The third-order valence-corrected chi connectivity index (χ3v) is 6.98. The van der Waals surface area contributed by atoms with Gasteiger partial charge in [0.25, 0.3) is 11.8 Å². The lowest BCUT2D eigenvalue weighted by Gasteiger charge is -2.41. The van der Waals surface area contributed by atoms with Gasteiger partial charge in [0.1, 0.15) is 0 Å². The maximum atomic E-state index is 13.7. The summed E-state index contributed by atoms with van der Waals surface area (Å²) in [6, 6.07) is 9.99. The van der Waals surface area contributed by atoms with E-state index in [1.54, 1.807) is 24.3 Å². The maximum absolute atomic E-state index is 13.7. The topological polar surface area (TPSA) is 98.7 Å². The van der Waals surface area contributed by atoms with Gasteiger partial charge in [0, 0.05) is 30.3 Å². The Morgan fingerprint density at radius 1 is 0.919 bits per heavy atom. The van der Waals surface area contributed by atoms with Crippen LogP contribution in [0.5, 0.6) is 0 Å². The average Bonchev–Trinajstić information content (AvgIpc) is 2.85. The molecule has 0 saturated heterocycles. The predicted molar refractivity (Wildman–Crippen MR) is 136 cm³/mol. The highest BCUT2D eigenvalue weighted by molar-refractivity contribution is 5.94. The van der Waals surface area contributed by atoms with Crippen molar-refractivity contribution in [1.29, 1.82) is 0 Å². The van der Waals surface area contributed by atoms with E-state index < -0.39 is 23.5 Å². The number of nitrogens with zero attached hydrogens (tertiary/aromatic N) is 1. The Bertz CT molecular complexity index is 1110. The molecular formula is C28H35F2N3O4. The van der Waals surface area contributed by atoms with E-state index in [0.717, 1.165) is 43.4 Å². The number of benzene rings is 2. The molecule has 0 atom stereocenters. The highest BCUT2D eigenvalue weighted by Crippen LogP contribution is 2.39. The minimum absolute atomic E-state index is 0.0284. The molecule has 37 heavy (non-hydrogen) atoms. The molecule has 2 amide bonds. The summed E-state index contributed by atoms with van der Waals surface area (Å²) in [4.78, 5) is 35.8. The fourth-order valence-electron chi connectivity index (χ4n) is 4.69. The molecule has 3 rings (SSSR count). The van der Waals surface area contributed by atoms with Gasteiger partial charge >= 0.3 is 5.97 Å². The SMILES string of the molecule is CC(C)(C)C1CCC(N(Cc2ccc(C(=O)NCCC(=O)O)cc2)NC(=O)c2ccc(F)c(F)c2)CC1. The number of halogens is 2. The summed E-state index contributed by atoms with van der Waals surface area (Å²) in [5.74, 6) is -3.39. The quantitative estimate of drug-likeness (QED) is 0.412. The van der Waals surface area contributed by atoms with Gasteiger partial charge in [0.15, 0.2) is 11.6 Å². The molecule has 2 aromatic rings. The van der Waals surface area contributed by atoms with Gasteiger partial charge in [-0.1, -0.05) is 32.9 Å². The molecular weight excluding hydrogens is 480 g/mol.